The predicted molar refractivity (Wildman–Crippen MR) is 81.3 cm³/mol. The van der Waals surface area contributed by atoms with Gasteiger partial charge in [0.1, 0.15) is 22.3 Å². The molecule has 0 aliphatic heterocycles. The van der Waals surface area contributed by atoms with Gasteiger partial charge in [-0.15, -0.1) is 11.3 Å². The molecule has 3 N–H and O–H groups in total. The maximum atomic E-state index is 13.8. The Balaban J connectivity index is 2.04. The molecule has 0 bridgehead atoms. The molecular formula is C13H13F2N3S2. The topological polar surface area (TPSA) is 50.9 Å². The summed E-state index contributed by atoms with van der Waals surface area (Å²) in [5.74, 6) is -1.41. The molecule has 0 amide bonds. The second-order valence-corrected chi connectivity index (χ2v) is 5.72. The average Bonchev–Trinajstić information content (AvgIpc) is 2.78. The van der Waals surface area contributed by atoms with Crippen molar-refractivity contribution in [2.24, 2.45) is 5.73 Å². The zero-order valence-electron chi connectivity index (χ0n) is 10.7. The van der Waals surface area contributed by atoms with Crippen molar-refractivity contribution in [3.8, 4) is 0 Å². The molecule has 0 aliphatic rings. The number of nitrogens with two attached hydrogens (primary N) is 1. The summed E-state index contributed by atoms with van der Waals surface area (Å²) in [6.45, 7) is 2.30. The van der Waals surface area contributed by atoms with E-state index >= 15 is 0 Å². The zero-order valence-corrected chi connectivity index (χ0v) is 12.4. The van der Waals surface area contributed by atoms with Crippen LogP contribution in [0.4, 0.5) is 14.5 Å². The number of halogens is 2. The Hall–Kier alpha value is -1.60. The second kappa shape index (κ2) is 6.23. The van der Waals surface area contributed by atoms with Crippen molar-refractivity contribution >= 4 is 34.2 Å². The van der Waals surface area contributed by atoms with Gasteiger partial charge < -0.3 is 11.1 Å². The molecule has 0 saturated carbocycles. The van der Waals surface area contributed by atoms with Gasteiger partial charge in [-0.1, -0.05) is 12.2 Å². The predicted octanol–water partition coefficient (Wildman–Crippen LogP) is 3.02. The Kier molecular flexibility index (Phi) is 4.61. The van der Waals surface area contributed by atoms with Gasteiger partial charge >= 0.3 is 0 Å². The summed E-state index contributed by atoms with van der Waals surface area (Å²) >= 11 is 6.24. The number of nitrogens with one attached hydrogen (secondary N) is 1. The number of aromatic nitrogens is 1. The Morgan fingerprint density at radius 3 is 2.55 bits per heavy atom. The van der Waals surface area contributed by atoms with Gasteiger partial charge in [0, 0.05) is 23.9 Å². The quantitative estimate of drug-likeness (QED) is 0.833. The number of hydrogen-bond acceptors (Lipinski definition) is 4. The van der Waals surface area contributed by atoms with E-state index in [1.165, 1.54) is 0 Å². The van der Waals surface area contributed by atoms with E-state index in [0.717, 1.165) is 22.8 Å². The minimum Gasteiger partial charge on any atom is -0.389 e. The molecule has 0 unspecified atom stereocenters. The van der Waals surface area contributed by atoms with Crippen molar-refractivity contribution in [1.82, 2.24) is 4.98 Å². The lowest BCUT2D eigenvalue weighted by Crippen LogP contribution is -2.13. The van der Waals surface area contributed by atoms with E-state index in [1.807, 2.05) is 12.3 Å². The monoisotopic (exact) mass is 313 g/mol. The summed E-state index contributed by atoms with van der Waals surface area (Å²) in [4.78, 5) is 4.25. The van der Waals surface area contributed by atoms with E-state index in [0.29, 0.717) is 13.0 Å². The van der Waals surface area contributed by atoms with E-state index in [4.69, 9.17) is 18.0 Å². The Labute approximate surface area is 124 Å². The van der Waals surface area contributed by atoms with Gasteiger partial charge in [0.15, 0.2) is 0 Å². The molecular weight excluding hydrogens is 300 g/mol. The van der Waals surface area contributed by atoms with Gasteiger partial charge in [-0.3, -0.25) is 0 Å². The molecule has 7 heteroatoms. The van der Waals surface area contributed by atoms with Crippen LogP contribution in [0.2, 0.25) is 0 Å². The van der Waals surface area contributed by atoms with Crippen molar-refractivity contribution in [3.63, 3.8) is 0 Å². The van der Waals surface area contributed by atoms with E-state index in [1.54, 1.807) is 11.3 Å². The number of benzene rings is 1. The van der Waals surface area contributed by atoms with Crippen LogP contribution in [0.5, 0.6) is 0 Å². The van der Waals surface area contributed by atoms with E-state index < -0.39 is 11.6 Å². The fourth-order valence-corrected chi connectivity index (χ4v) is 2.49. The summed E-state index contributed by atoms with van der Waals surface area (Å²) in [5.41, 5.74) is 6.26. The number of rotatable bonds is 5. The lowest BCUT2D eigenvalue weighted by atomic mass is 10.2. The van der Waals surface area contributed by atoms with Crippen LogP contribution in [-0.4, -0.2) is 16.5 Å². The third kappa shape index (κ3) is 3.49. The summed E-state index contributed by atoms with van der Waals surface area (Å²) in [6.07, 6.45) is 0.597. The third-order valence-corrected chi connectivity index (χ3v) is 3.73. The highest BCUT2D eigenvalue weighted by atomic mass is 32.1. The number of thiocarbonyl (C=S) groups is 1. The number of anilines is 1. The minimum atomic E-state index is -0.706. The standard InChI is InChI=1S/C13H13F2N3S2/c1-7-18-9(6-20-7)2-3-17-12-10(14)4-8(13(16)19)5-11(12)15/h4-6,17H,2-3H2,1H3,(H2,16,19). The minimum absolute atomic E-state index is 0.0349. The van der Waals surface area contributed by atoms with Crippen LogP contribution in [-0.2, 0) is 6.42 Å². The molecule has 0 radical (unpaired) electrons. The SMILES string of the molecule is Cc1nc(CCNc2c(F)cc(C(N)=S)cc2F)cs1. The first-order valence-corrected chi connectivity index (χ1v) is 7.20. The van der Waals surface area contributed by atoms with Crippen LogP contribution in [0.3, 0.4) is 0 Å². The van der Waals surface area contributed by atoms with Gasteiger partial charge in [-0.25, -0.2) is 13.8 Å². The summed E-state index contributed by atoms with van der Waals surface area (Å²) in [5, 5.41) is 5.64. The van der Waals surface area contributed by atoms with Crippen LogP contribution in [0, 0.1) is 18.6 Å². The molecule has 0 atom stereocenters. The summed E-state index contributed by atoms with van der Waals surface area (Å²) < 4.78 is 27.5. The van der Waals surface area contributed by atoms with Gasteiger partial charge in [0.2, 0.25) is 0 Å². The molecule has 0 fully saturated rings. The number of thiazole rings is 1. The van der Waals surface area contributed by atoms with Crippen molar-refractivity contribution < 1.29 is 8.78 Å². The molecule has 2 aromatic rings. The van der Waals surface area contributed by atoms with Crippen molar-refractivity contribution in [2.45, 2.75) is 13.3 Å². The van der Waals surface area contributed by atoms with Gasteiger partial charge in [-0.2, -0.15) is 0 Å². The number of aryl methyl sites for hydroxylation is 1. The molecule has 1 aromatic heterocycles. The zero-order chi connectivity index (χ0) is 14.7. The van der Waals surface area contributed by atoms with E-state index in [-0.39, 0.29) is 16.2 Å². The highest BCUT2D eigenvalue weighted by Gasteiger charge is 2.12. The maximum absolute atomic E-state index is 13.8. The molecule has 1 aromatic carbocycles. The fraction of sp³-hybridized carbons (Fsp3) is 0.231. The van der Waals surface area contributed by atoms with Crippen LogP contribution in [0.25, 0.3) is 0 Å². The smallest absolute Gasteiger partial charge is 0.150 e. The first-order chi connectivity index (χ1) is 9.47. The van der Waals surface area contributed by atoms with Crippen molar-refractivity contribution in [1.29, 1.82) is 0 Å². The van der Waals surface area contributed by atoms with Gasteiger partial charge in [0.25, 0.3) is 0 Å². The van der Waals surface area contributed by atoms with Crippen LogP contribution >= 0.6 is 23.6 Å². The highest BCUT2D eigenvalue weighted by molar-refractivity contribution is 7.80. The van der Waals surface area contributed by atoms with Crippen LogP contribution < -0.4 is 11.1 Å². The first kappa shape index (κ1) is 14.8. The van der Waals surface area contributed by atoms with E-state index in [9.17, 15) is 8.78 Å². The molecule has 106 valence electrons. The number of hydrogen-bond donors (Lipinski definition) is 2. The maximum Gasteiger partial charge on any atom is 0.150 e. The third-order valence-electron chi connectivity index (χ3n) is 2.68. The molecule has 2 rings (SSSR count). The molecule has 20 heavy (non-hydrogen) atoms. The molecule has 0 aliphatic carbocycles. The van der Waals surface area contributed by atoms with Crippen LogP contribution in [0.15, 0.2) is 17.5 Å². The van der Waals surface area contributed by atoms with Gasteiger partial charge in [0.05, 0.1) is 10.7 Å². The average molecular weight is 313 g/mol. The number of nitrogens with zero attached hydrogens (tertiary/aromatic N) is 1. The largest absolute Gasteiger partial charge is 0.389 e. The van der Waals surface area contributed by atoms with Crippen molar-refractivity contribution in [2.75, 3.05) is 11.9 Å². The Bertz CT molecular complexity index is 617. The second-order valence-electron chi connectivity index (χ2n) is 4.21. The summed E-state index contributed by atoms with van der Waals surface area (Å²) in [7, 11) is 0. The lowest BCUT2D eigenvalue weighted by Gasteiger charge is -2.09. The lowest BCUT2D eigenvalue weighted by molar-refractivity contribution is 0.587. The highest BCUT2D eigenvalue weighted by Crippen LogP contribution is 2.21. The molecule has 0 saturated heterocycles. The van der Waals surface area contributed by atoms with Gasteiger partial charge in [-0.05, 0) is 19.1 Å². The van der Waals surface area contributed by atoms with Crippen molar-refractivity contribution in [3.05, 3.63) is 45.4 Å². The molecule has 1 heterocycles. The normalized spacial score (nSPS) is 10.6. The summed E-state index contributed by atoms with van der Waals surface area (Å²) in [6, 6.07) is 2.25. The first-order valence-electron chi connectivity index (χ1n) is 5.91. The Morgan fingerprint density at radius 1 is 1.40 bits per heavy atom. The van der Waals surface area contributed by atoms with E-state index in [2.05, 4.69) is 10.3 Å². The fourth-order valence-electron chi connectivity index (χ4n) is 1.72. The van der Waals surface area contributed by atoms with Crippen LogP contribution in [0.1, 0.15) is 16.3 Å². The molecule has 3 nitrogen and oxygen atoms in total. The molecule has 0 spiro atoms. The Morgan fingerprint density at radius 2 is 2.05 bits per heavy atom.